The maximum atomic E-state index is 12.8. The van der Waals surface area contributed by atoms with Crippen LogP contribution in [0, 0.1) is 0 Å². The van der Waals surface area contributed by atoms with Gasteiger partial charge in [0.15, 0.2) is 0 Å². The predicted octanol–water partition coefficient (Wildman–Crippen LogP) is 2.79. The summed E-state index contributed by atoms with van der Waals surface area (Å²) in [6, 6.07) is 0. The lowest BCUT2D eigenvalue weighted by Crippen LogP contribution is -2.39. The van der Waals surface area contributed by atoms with Gasteiger partial charge >= 0.3 is 6.18 Å². The van der Waals surface area contributed by atoms with Crippen LogP contribution in [0.2, 0.25) is 0 Å². The molecule has 17 heavy (non-hydrogen) atoms. The minimum atomic E-state index is -4.27. The Labute approximate surface area is 104 Å². The molecule has 1 aromatic heterocycles. The average Bonchev–Trinajstić information content (AvgIpc) is 3.01. The van der Waals surface area contributed by atoms with E-state index >= 15 is 0 Å². The van der Waals surface area contributed by atoms with Crippen molar-refractivity contribution in [3.05, 3.63) is 10.7 Å². The standard InChI is InChI=1S/C9H10BrF3N4/c1-14-7-15-4-5(10)6(16-7)17-8(2-3-8)9(11,12)13/h4H,2-3H2,1H3,(H2,14,15,16,17). The highest BCUT2D eigenvalue weighted by Gasteiger charge is 2.63. The third kappa shape index (κ3) is 2.31. The van der Waals surface area contributed by atoms with Crippen molar-refractivity contribution in [3.8, 4) is 0 Å². The highest BCUT2D eigenvalue weighted by Crippen LogP contribution is 2.51. The van der Waals surface area contributed by atoms with Crippen molar-refractivity contribution in [2.45, 2.75) is 24.6 Å². The van der Waals surface area contributed by atoms with Crippen LogP contribution in [-0.2, 0) is 0 Å². The number of hydrogen-bond donors (Lipinski definition) is 2. The Kier molecular flexibility index (Phi) is 2.92. The summed E-state index contributed by atoms with van der Waals surface area (Å²) >= 11 is 3.12. The van der Waals surface area contributed by atoms with E-state index in [9.17, 15) is 13.2 Å². The molecule has 0 unspecified atom stereocenters. The van der Waals surface area contributed by atoms with Crippen molar-refractivity contribution in [2.24, 2.45) is 0 Å². The molecule has 0 spiro atoms. The second-order valence-electron chi connectivity index (χ2n) is 3.85. The molecule has 8 heteroatoms. The highest BCUT2D eigenvalue weighted by atomic mass is 79.9. The Morgan fingerprint density at radius 2 is 2.06 bits per heavy atom. The van der Waals surface area contributed by atoms with Crippen LogP contribution in [0.15, 0.2) is 10.7 Å². The second-order valence-corrected chi connectivity index (χ2v) is 4.70. The molecule has 0 aromatic carbocycles. The molecule has 0 saturated heterocycles. The van der Waals surface area contributed by atoms with Gasteiger partial charge in [-0.25, -0.2) is 4.98 Å². The monoisotopic (exact) mass is 310 g/mol. The molecule has 2 N–H and O–H groups in total. The minimum absolute atomic E-state index is 0.0713. The number of nitrogens with zero attached hydrogens (tertiary/aromatic N) is 2. The second kappa shape index (κ2) is 4.01. The number of alkyl halides is 3. The summed E-state index contributed by atoms with van der Waals surface area (Å²) in [5.41, 5.74) is -1.82. The van der Waals surface area contributed by atoms with E-state index in [0.29, 0.717) is 4.47 Å². The van der Waals surface area contributed by atoms with E-state index in [1.165, 1.54) is 6.20 Å². The van der Waals surface area contributed by atoms with Gasteiger partial charge in [-0.2, -0.15) is 18.2 Å². The van der Waals surface area contributed by atoms with Gasteiger partial charge in [0.05, 0.1) is 4.47 Å². The lowest BCUT2D eigenvalue weighted by molar-refractivity contribution is -0.151. The molecule has 1 saturated carbocycles. The molecule has 1 aromatic rings. The van der Waals surface area contributed by atoms with Crippen LogP contribution in [-0.4, -0.2) is 28.7 Å². The number of nitrogens with one attached hydrogen (secondary N) is 2. The summed E-state index contributed by atoms with van der Waals surface area (Å²) in [5.74, 6) is 0.424. The number of anilines is 2. The number of aromatic nitrogens is 2. The van der Waals surface area contributed by atoms with Crippen LogP contribution in [0.25, 0.3) is 0 Å². The van der Waals surface area contributed by atoms with Crippen LogP contribution in [0.5, 0.6) is 0 Å². The molecule has 0 aliphatic heterocycles. The van der Waals surface area contributed by atoms with E-state index in [4.69, 9.17) is 0 Å². The Morgan fingerprint density at radius 1 is 1.41 bits per heavy atom. The summed E-state index contributed by atoms with van der Waals surface area (Å²) in [4.78, 5) is 7.83. The third-order valence-electron chi connectivity index (χ3n) is 2.62. The average molecular weight is 311 g/mol. The van der Waals surface area contributed by atoms with Gasteiger partial charge in [-0.3, -0.25) is 0 Å². The summed E-state index contributed by atoms with van der Waals surface area (Å²) in [7, 11) is 1.60. The van der Waals surface area contributed by atoms with Gasteiger partial charge in [0.25, 0.3) is 0 Å². The van der Waals surface area contributed by atoms with E-state index in [1.807, 2.05) is 0 Å². The maximum absolute atomic E-state index is 12.8. The van der Waals surface area contributed by atoms with Crippen molar-refractivity contribution in [3.63, 3.8) is 0 Å². The molecule has 0 bridgehead atoms. The van der Waals surface area contributed by atoms with Crippen LogP contribution in [0.1, 0.15) is 12.8 Å². The van der Waals surface area contributed by atoms with Gasteiger partial charge in [-0.1, -0.05) is 0 Å². The summed E-state index contributed by atoms with van der Waals surface area (Å²) in [5, 5.41) is 5.12. The molecular weight excluding hydrogens is 301 g/mol. The summed E-state index contributed by atoms with van der Waals surface area (Å²) < 4.78 is 38.7. The fourth-order valence-corrected chi connectivity index (χ4v) is 1.70. The molecule has 1 heterocycles. The quantitative estimate of drug-likeness (QED) is 0.901. The van der Waals surface area contributed by atoms with Crippen molar-refractivity contribution >= 4 is 27.7 Å². The lowest BCUT2D eigenvalue weighted by Gasteiger charge is -2.21. The smallest absolute Gasteiger partial charge is 0.357 e. The Morgan fingerprint density at radius 3 is 2.53 bits per heavy atom. The first kappa shape index (κ1) is 12.4. The first-order valence-corrected chi connectivity index (χ1v) is 5.72. The highest BCUT2D eigenvalue weighted by molar-refractivity contribution is 9.10. The number of halogens is 4. The fraction of sp³-hybridized carbons (Fsp3) is 0.556. The number of rotatable bonds is 3. The summed E-state index contributed by atoms with van der Waals surface area (Å²) in [6.45, 7) is 0. The normalized spacial score (nSPS) is 17.7. The molecule has 0 amide bonds. The van der Waals surface area contributed by atoms with E-state index in [2.05, 4.69) is 36.5 Å². The molecule has 1 aliphatic carbocycles. The van der Waals surface area contributed by atoms with Crippen LogP contribution >= 0.6 is 15.9 Å². The first-order chi connectivity index (χ1) is 7.88. The fourth-order valence-electron chi connectivity index (χ4n) is 1.41. The zero-order valence-corrected chi connectivity index (χ0v) is 10.5. The molecule has 1 fully saturated rings. The first-order valence-electron chi connectivity index (χ1n) is 4.93. The minimum Gasteiger partial charge on any atom is -0.357 e. The Balaban J connectivity index is 2.25. The van der Waals surface area contributed by atoms with Gasteiger partial charge < -0.3 is 10.6 Å². The van der Waals surface area contributed by atoms with Crippen LogP contribution in [0.4, 0.5) is 24.9 Å². The van der Waals surface area contributed by atoms with Crippen molar-refractivity contribution in [2.75, 3.05) is 17.7 Å². The van der Waals surface area contributed by atoms with Gasteiger partial charge in [-0.05, 0) is 28.8 Å². The van der Waals surface area contributed by atoms with Crippen molar-refractivity contribution in [1.29, 1.82) is 0 Å². The van der Waals surface area contributed by atoms with Gasteiger partial charge in [0, 0.05) is 13.2 Å². The maximum Gasteiger partial charge on any atom is 0.411 e. The van der Waals surface area contributed by atoms with Gasteiger partial charge in [0.1, 0.15) is 11.4 Å². The van der Waals surface area contributed by atoms with Crippen molar-refractivity contribution in [1.82, 2.24) is 9.97 Å². The zero-order valence-electron chi connectivity index (χ0n) is 8.90. The predicted molar refractivity (Wildman–Crippen MR) is 60.9 cm³/mol. The topological polar surface area (TPSA) is 49.8 Å². The van der Waals surface area contributed by atoms with E-state index in [0.717, 1.165) is 0 Å². The van der Waals surface area contributed by atoms with E-state index in [1.54, 1.807) is 7.05 Å². The van der Waals surface area contributed by atoms with Crippen LogP contribution in [0.3, 0.4) is 0 Å². The molecule has 2 rings (SSSR count). The molecule has 1 aliphatic rings. The molecule has 0 atom stereocenters. The molecular formula is C9H10BrF3N4. The van der Waals surface area contributed by atoms with E-state index in [-0.39, 0.29) is 24.6 Å². The zero-order chi connectivity index (χ0) is 12.7. The molecule has 4 nitrogen and oxygen atoms in total. The van der Waals surface area contributed by atoms with Gasteiger partial charge in [0.2, 0.25) is 5.95 Å². The number of hydrogen-bond acceptors (Lipinski definition) is 4. The van der Waals surface area contributed by atoms with Crippen molar-refractivity contribution < 1.29 is 13.2 Å². The lowest BCUT2D eigenvalue weighted by atomic mass is 10.2. The van der Waals surface area contributed by atoms with Gasteiger partial charge in [-0.15, -0.1) is 0 Å². The van der Waals surface area contributed by atoms with Crippen LogP contribution < -0.4 is 10.6 Å². The Bertz CT molecular complexity index is 431. The largest absolute Gasteiger partial charge is 0.411 e. The Hall–Kier alpha value is -1.05. The molecule has 0 radical (unpaired) electrons. The molecule has 94 valence electrons. The van der Waals surface area contributed by atoms with E-state index < -0.39 is 11.7 Å². The SMILES string of the molecule is CNc1ncc(Br)c(NC2(C(F)(F)F)CC2)n1. The third-order valence-corrected chi connectivity index (χ3v) is 3.20. The summed E-state index contributed by atoms with van der Waals surface area (Å²) in [6.07, 6.45) is -2.71.